The molecule has 1 atom stereocenters. The van der Waals surface area contributed by atoms with E-state index in [1.165, 1.54) is 24.3 Å². The fourth-order valence-electron chi connectivity index (χ4n) is 4.38. The van der Waals surface area contributed by atoms with Gasteiger partial charge in [-0.3, -0.25) is 0 Å². The third-order valence-corrected chi connectivity index (χ3v) is 6.41. The third kappa shape index (κ3) is 3.63. The van der Waals surface area contributed by atoms with Gasteiger partial charge in [0.15, 0.2) is 16.6 Å². The molecule has 13 heteroatoms. The van der Waals surface area contributed by atoms with Gasteiger partial charge in [0.2, 0.25) is 0 Å². The number of phenolic OH excluding ortho intramolecular Hbond substituents is 2. The molecule has 3 heterocycles. The van der Waals surface area contributed by atoms with E-state index in [4.69, 9.17) is 32.7 Å². The molecular formula is C23H14Cl4N4O5. The molecule has 1 unspecified atom stereocenters. The van der Waals surface area contributed by atoms with Crippen molar-refractivity contribution in [2.75, 3.05) is 5.32 Å². The number of benzene rings is 3. The van der Waals surface area contributed by atoms with E-state index < -0.39 is 11.6 Å². The predicted octanol–water partition coefficient (Wildman–Crippen LogP) is 5.74. The van der Waals surface area contributed by atoms with E-state index in [0.29, 0.717) is 22.3 Å². The van der Waals surface area contributed by atoms with Gasteiger partial charge in [-0.2, -0.15) is 0 Å². The molecule has 3 N–H and O–H groups in total. The van der Waals surface area contributed by atoms with Gasteiger partial charge in [0.1, 0.15) is 28.0 Å². The first-order valence-corrected chi connectivity index (χ1v) is 10.7. The van der Waals surface area contributed by atoms with Crippen molar-refractivity contribution < 1.29 is 24.5 Å². The van der Waals surface area contributed by atoms with Crippen LogP contribution in [0.4, 0.5) is 11.5 Å². The van der Waals surface area contributed by atoms with E-state index in [1.54, 1.807) is 30.3 Å². The van der Waals surface area contributed by atoms with Crippen LogP contribution in [0.3, 0.4) is 0 Å². The van der Waals surface area contributed by atoms with Crippen LogP contribution in [0.2, 0.25) is 10.2 Å². The van der Waals surface area contributed by atoms with Crippen LogP contribution in [0.1, 0.15) is 27.0 Å². The number of rotatable bonds is 2. The number of ether oxygens (including phenoxy) is 2. The molecule has 2 aliphatic heterocycles. The zero-order valence-corrected chi connectivity index (χ0v) is 20.9. The minimum absolute atomic E-state index is 0. The second-order valence-corrected chi connectivity index (χ2v) is 8.37. The van der Waals surface area contributed by atoms with Crippen molar-refractivity contribution in [1.82, 2.24) is 15.4 Å². The number of carbonyl (C=O) groups excluding carboxylic acids is 1. The van der Waals surface area contributed by atoms with Crippen LogP contribution >= 0.6 is 48.0 Å². The molecule has 0 aliphatic carbocycles. The van der Waals surface area contributed by atoms with Crippen molar-refractivity contribution in [3.8, 4) is 23.0 Å². The Kier molecular flexibility index (Phi) is 6.52. The van der Waals surface area contributed by atoms with Crippen LogP contribution in [0.15, 0.2) is 54.6 Å². The topological polar surface area (TPSA) is 127 Å². The number of hydrogen-bond acceptors (Lipinski definition) is 9. The molecule has 0 amide bonds. The van der Waals surface area contributed by atoms with E-state index in [9.17, 15) is 15.0 Å². The number of carbonyl (C=O) groups is 1. The summed E-state index contributed by atoms with van der Waals surface area (Å²) in [4.78, 5) is 13.0. The summed E-state index contributed by atoms with van der Waals surface area (Å²) in [5, 5.41) is 34.6. The Hall–Kier alpha value is -3.50. The quantitative estimate of drug-likeness (QED) is 0.260. The first kappa shape index (κ1) is 25.6. The lowest BCUT2D eigenvalue weighted by Gasteiger charge is -2.37. The SMILES string of the molecule is Cl.Cl.O=C1OC2(c3ccc(O)cc3Oc3cc(O)cc(Nc4nnnc(Cl)c4Cl)c32)c2ccccc21. The Morgan fingerprint density at radius 2 is 1.64 bits per heavy atom. The van der Waals surface area contributed by atoms with Crippen LogP contribution in [-0.2, 0) is 10.3 Å². The number of aromatic hydroxyl groups is 2. The fraction of sp³-hybridized carbons (Fsp3) is 0.0435. The van der Waals surface area contributed by atoms with E-state index in [1.807, 2.05) is 0 Å². The zero-order valence-electron chi connectivity index (χ0n) is 17.7. The third-order valence-electron chi connectivity index (χ3n) is 5.69. The van der Waals surface area contributed by atoms with Gasteiger partial charge in [0, 0.05) is 29.3 Å². The van der Waals surface area contributed by atoms with Crippen molar-refractivity contribution >= 4 is 65.5 Å². The molecule has 0 fully saturated rings. The van der Waals surface area contributed by atoms with E-state index >= 15 is 0 Å². The summed E-state index contributed by atoms with van der Waals surface area (Å²) in [6.07, 6.45) is 0. The molecule has 6 rings (SSSR count). The molecular weight excluding hydrogens is 554 g/mol. The van der Waals surface area contributed by atoms with Crippen molar-refractivity contribution in [2.45, 2.75) is 5.60 Å². The highest BCUT2D eigenvalue weighted by molar-refractivity contribution is 6.42. The summed E-state index contributed by atoms with van der Waals surface area (Å²) < 4.78 is 12.1. The number of phenols is 2. The minimum Gasteiger partial charge on any atom is -0.508 e. The van der Waals surface area contributed by atoms with E-state index in [0.717, 1.165) is 0 Å². The highest BCUT2D eigenvalue weighted by atomic mass is 35.5. The molecule has 0 saturated heterocycles. The van der Waals surface area contributed by atoms with Crippen LogP contribution in [0.25, 0.3) is 0 Å². The molecule has 3 aromatic carbocycles. The number of hydrogen-bond donors (Lipinski definition) is 3. The van der Waals surface area contributed by atoms with Crippen LogP contribution in [-0.4, -0.2) is 31.6 Å². The van der Waals surface area contributed by atoms with Crippen LogP contribution < -0.4 is 10.1 Å². The molecule has 1 spiro atoms. The Labute approximate surface area is 225 Å². The average Bonchev–Trinajstić information content (AvgIpc) is 3.09. The van der Waals surface area contributed by atoms with Crippen molar-refractivity contribution in [3.05, 3.63) is 87.0 Å². The van der Waals surface area contributed by atoms with Gasteiger partial charge in [-0.25, -0.2) is 4.79 Å². The summed E-state index contributed by atoms with van der Waals surface area (Å²) in [6.45, 7) is 0. The summed E-state index contributed by atoms with van der Waals surface area (Å²) in [6, 6.07) is 14.3. The number of aromatic nitrogens is 3. The van der Waals surface area contributed by atoms with Gasteiger partial charge in [-0.05, 0) is 23.4 Å². The lowest BCUT2D eigenvalue weighted by Crippen LogP contribution is -2.33. The van der Waals surface area contributed by atoms with E-state index in [-0.39, 0.29) is 69.5 Å². The second kappa shape index (κ2) is 9.18. The number of halogens is 4. The number of esters is 1. The lowest BCUT2D eigenvalue weighted by molar-refractivity contribution is 0.0226. The van der Waals surface area contributed by atoms with Gasteiger partial charge < -0.3 is 25.0 Å². The van der Waals surface area contributed by atoms with Crippen molar-refractivity contribution in [3.63, 3.8) is 0 Å². The maximum absolute atomic E-state index is 13.0. The number of nitrogens with one attached hydrogen (secondary N) is 1. The fourth-order valence-corrected chi connectivity index (χ4v) is 4.63. The summed E-state index contributed by atoms with van der Waals surface area (Å²) in [7, 11) is 0. The Bertz CT molecular complexity index is 1540. The molecule has 2 aliphatic rings. The number of nitrogens with zero attached hydrogens (tertiary/aromatic N) is 3. The second-order valence-electron chi connectivity index (χ2n) is 7.63. The van der Waals surface area contributed by atoms with Crippen molar-refractivity contribution in [2.24, 2.45) is 0 Å². The maximum Gasteiger partial charge on any atom is 0.340 e. The smallest absolute Gasteiger partial charge is 0.340 e. The predicted molar refractivity (Wildman–Crippen MR) is 136 cm³/mol. The summed E-state index contributed by atoms with van der Waals surface area (Å²) in [5.41, 5.74) is 0.615. The van der Waals surface area contributed by atoms with Crippen LogP contribution in [0, 0.1) is 0 Å². The van der Waals surface area contributed by atoms with Gasteiger partial charge >= 0.3 is 5.97 Å². The highest BCUT2D eigenvalue weighted by Crippen LogP contribution is 2.59. The van der Waals surface area contributed by atoms with Crippen LogP contribution in [0.5, 0.6) is 23.0 Å². The average molecular weight is 568 g/mol. The molecule has 9 nitrogen and oxygen atoms in total. The van der Waals surface area contributed by atoms with Gasteiger partial charge in [-0.1, -0.05) is 41.4 Å². The summed E-state index contributed by atoms with van der Waals surface area (Å²) in [5.74, 6) is -0.207. The molecule has 1 aromatic heterocycles. The van der Waals surface area contributed by atoms with Gasteiger partial charge in [-0.15, -0.1) is 35.0 Å². The van der Waals surface area contributed by atoms with Gasteiger partial charge in [0.05, 0.1) is 16.8 Å². The number of anilines is 2. The summed E-state index contributed by atoms with van der Waals surface area (Å²) >= 11 is 12.2. The molecule has 4 aromatic rings. The first-order valence-electron chi connectivity index (χ1n) is 9.91. The first-order chi connectivity index (χ1) is 16.4. The Balaban J connectivity index is 0.00000152. The monoisotopic (exact) mass is 566 g/mol. The standard InChI is InChI=1S/C23H12Cl2N4O5.2ClH/c24-19-20(25)27-29-28-21(19)26-15-7-11(31)9-17-18(15)23(14-6-5-10(30)8-16(14)33-17)13-4-2-1-3-12(13)22(32)34-23;;/h1-9,30-31H,(H,26,27,28);2*1H. The zero-order chi connectivity index (χ0) is 23.6. The molecule has 0 radical (unpaired) electrons. The molecule has 0 bridgehead atoms. The van der Waals surface area contributed by atoms with Crippen molar-refractivity contribution in [1.29, 1.82) is 0 Å². The molecule has 184 valence electrons. The maximum atomic E-state index is 13.0. The Morgan fingerprint density at radius 1 is 0.889 bits per heavy atom. The number of fused-ring (bicyclic) bond motifs is 6. The molecule has 36 heavy (non-hydrogen) atoms. The van der Waals surface area contributed by atoms with Gasteiger partial charge in [0.25, 0.3) is 0 Å². The normalized spacial score (nSPS) is 16.4. The minimum atomic E-state index is -1.46. The Morgan fingerprint density at radius 3 is 2.44 bits per heavy atom. The highest BCUT2D eigenvalue weighted by Gasteiger charge is 2.55. The lowest BCUT2D eigenvalue weighted by atomic mass is 9.77. The van der Waals surface area contributed by atoms with E-state index in [2.05, 4.69) is 20.7 Å². The largest absolute Gasteiger partial charge is 0.508 e. The molecule has 0 saturated carbocycles.